The van der Waals surface area contributed by atoms with Gasteiger partial charge in [0.15, 0.2) is 0 Å². The van der Waals surface area contributed by atoms with Crippen molar-refractivity contribution in [1.29, 1.82) is 0 Å². The zero-order valence-corrected chi connectivity index (χ0v) is 13.6. The number of rotatable bonds is 7. The van der Waals surface area contributed by atoms with E-state index in [2.05, 4.69) is 5.32 Å². The molecule has 0 spiro atoms. The second kappa shape index (κ2) is 8.67. The van der Waals surface area contributed by atoms with Crippen LogP contribution in [0.2, 0.25) is 5.02 Å². The summed E-state index contributed by atoms with van der Waals surface area (Å²) in [5.74, 6) is -0.0469. The third-order valence-corrected chi connectivity index (χ3v) is 3.76. The van der Waals surface area contributed by atoms with Crippen LogP contribution in [0.15, 0.2) is 24.3 Å². The Labute approximate surface area is 131 Å². The van der Waals surface area contributed by atoms with Gasteiger partial charge in [-0.1, -0.05) is 30.7 Å². The van der Waals surface area contributed by atoms with E-state index in [9.17, 15) is 9.59 Å². The van der Waals surface area contributed by atoms with E-state index in [0.717, 1.165) is 12.0 Å². The predicted molar refractivity (Wildman–Crippen MR) is 85.1 cm³/mol. The predicted octanol–water partition coefficient (Wildman–Crippen LogP) is 2.99. The molecule has 2 amide bonds. The van der Waals surface area contributed by atoms with E-state index in [1.165, 1.54) is 6.92 Å². The Kier molecular flexibility index (Phi) is 7.23. The molecule has 0 saturated heterocycles. The first kappa shape index (κ1) is 17.5. The monoisotopic (exact) mass is 310 g/mol. The molecule has 0 fully saturated rings. The van der Waals surface area contributed by atoms with Crippen molar-refractivity contribution in [2.24, 2.45) is 0 Å². The van der Waals surface area contributed by atoms with Gasteiger partial charge in [0.25, 0.3) is 0 Å². The third kappa shape index (κ3) is 6.17. The van der Waals surface area contributed by atoms with Crippen molar-refractivity contribution in [2.45, 2.75) is 46.2 Å². The Bertz CT molecular complexity index is 474. The van der Waals surface area contributed by atoms with E-state index in [-0.39, 0.29) is 17.9 Å². The van der Waals surface area contributed by atoms with Crippen LogP contribution in [0.5, 0.6) is 0 Å². The molecule has 0 aliphatic heterocycles. The first-order valence-electron chi connectivity index (χ1n) is 7.22. The standard InChI is InChI=1S/C16H23ClN2O2/c1-4-12(2)19(13(3)20)10-9-16(21)18-11-14-5-7-15(17)8-6-14/h5-8,12H,4,9-11H2,1-3H3,(H,18,21). The van der Waals surface area contributed by atoms with Crippen LogP contribution in [-0.4, -0.2) is 29.3 Å². The minimum Gasteiger partial charge on any atom is -0.352 e. The maximum Gasteiger partial charge on any atom is 0.222 e. The number of carbonyl (C=O) groups excluding carboxylic acids is 2. The second-order valence-electron chi connectivity index (χ2n) is 5.12. The van der Waals surface area contributed by atoms with Gasteiger partial charge < -0.3 is 10.2 Å². The van der Waals surface area contributed by atoms with Crippen LogP contribution in [0.1, 0.15) is 39.2 Å². The minimum absolute atomic E-state index is 0.00912. The fourth-order valence-electron chi connectivity index (χ4n) is 2.02. The lowest BCUT2D eigenvalue weighted by molar-refractivity contribution is -0.131. The lowest BCUT2D eigenvalue weighted by Gasteiger charge is -2.27. The molecule has 5 heteroatoms. The molecule has 0 aliphatic rings. The SMILES string of the molecule is CCC(C)N(CCC(=O)NCc1ccc(Cl)cc1)C(C)=O. The van der Waals surface area contributed by atoms with Crippen LogP contribution >= 0.6 is 11.6 Å². The highest BCUT2D eigenvalue weighted by Crippen LogP contribution is 2.09. The van der Waals surface area contributed by atoms with E-state index in [1.807, 2.05) is 26.0 Å². The van der Waals surface area contributed by atoms with E-state index < -0.39 is 0 Å². The van der Waals surface area contributed by atoms with Crippen LogP contribution in [-0.2, 0) is 16.1 Å². The Balaban J connectivity index is 2.39. The first-order chi connectivity index (χ1) is 9.93. The molecule has 0 heterocycles. The zero-order valence-electron chi connectivity index (χ0n) is 12.9. The van der Waals surface area contributed by atoms with E-state index in [4.69, 9.17) is 11.6 Å². The number of hydrogen-bond acceptors (Lipinski definition) is 2. The zero-order chi connectivity index (χ0) is 15.8. The number of hydrogen-bond donors (Lipinski definition) is 1. The summed E-state index contributed by atoms with van der Waals surface area (Å²) in [6.45, 7) is 6.49. The topological polar surface area (TPSA) is 49.4 Å². The van der Waals surface area contributed by atoms with Gasteiger partial charge >= 0.3 is 0 Å². The van der Waals surface area contributed by atoms with Gasteiger partial charge in [-0.3, -0.25) is 9.59 Å². The maximum absolute atomic E-state index is 11.8. The van der Waals surface area contributed by atoms with Gasteiger partial charge in [-0.25, -0.2) is 0 Å². The molecule has 116 valence electrons. The molecule has 1 unspecified atom stereocenters. The van der Waals surface area contributed by atoms with E-state index >= 15 is 0 Å². The fourth-order valence-corrected chi connectivity index (χ4v) is 2.15. The van der Waals surface area contributed by atoms with Gasteiger partial charge in [-0.05, 0) is 31.0 Å². The van der Waals surface area contributed by atoms with Gasteiger partial charge in [-0.2, -0.15) is 0 Å². The summed E-state index contributed by atoms with van der Waals surface area (Å²) in [5.41, 5.74) is 0.998. The molecule has 0 radical (unpaired) electrons. The summed E-state index contributed by atoms with van der Waals surface area (Å²) in [7, 11) is 0. The molecule has 0 aliphatic carbocycles. The minimum atomic E-state index is -0.0560. The van der Waals surface area contributed by atoms with E-state index in [0.29, 0.717) is 24.5 Å². The number of amides is 2. The van der Waals surface area contributed by atoms with E-state index in [1.54, 1.807) is 17.0 Å². The molecular weight excluding hydrogens is 288 g/mol. The molecule has 1 rings (SSSR count). The molecule has 1 N–H and O–H groups in total. The van der Waals surface area contributed by atoms with Crippen molar-refractivity contribution < 1.29 is 9.59 Å². The number of nitrogens with zero attached hydrogens (tertiary/aromatic N) is 1. The molecule has 1 aromatic rings. The van der Waals surface area contributed by atoms with Gasteiger partial charge in [-0.15, -0.1) is 0 Å². The Morgan fingerprint density at radius 1 is 1.29 bits per heavy atom. The molecule has 1 atom stereocenters. The Hall–Kier alpha value is -1.55. The van der Waals surface area contributed by atoms with Crippen LogP contribution in [0.25, 0.3) is 0 Å². The highest BCUT2D eigenvalue weighted by atomic mass is 35.5. The Morgan fingerprint density at radius 2 is 1.90 bits per heavy atom. The van der Waals surface area contributed by atoms with Crippen molar-refractivity contribution in [2.75, 3.05) is 6.54 Å². The molecule has 21 heavy (non-hydrogen) atoms. The Morgan fingerprint density at radius 3 is 2.43 bits per heavy atom. The molecule has 4 nitrogen and oxygen atoms in total. The van der Waals surface area contributed by atoms with Gasteiger partial charge in [0.05, 0.1) is 0 Å². The molecule has 0 aromatic heterocycles. The van der Waals surface area contributed by atoms with Gasteiger partial charge in [0.2, 0.25) is 11.8 Å². The first-order valence-corrected chi connectivity index (χ1v) is 7.60. The molecule has 0 saturated carbocycles. The maximum atomic E-state index is 11.8. The van der Waals surface area contributed by atoms with Crippen LogP contribution in [0.3, 0.4) is 0 Å². The highest BCUT2D eigenvalue weighted by Gasteiger charge is 2.16. The number of benzene rings is 1. The quantitative estimate of drug-likeness (QED) is 0.841. The molecule has 1 aromatic carbocycles. The lowest BCUT2D eigenvalue weighted by Crippen LogP contribution is -2.39. The van der Waals surface area contributed by atoms with Gasteiger partial charge in [0.1, 0.15) is 0 Å². The molecule has 0 bridgehead atoms. The molecular formula is C16H23ClN2O2. The summed E-state index contributed by atoms with van der Waals surface area (Å²) in [4.78, 5) is 25.1. The third-order valence-electron chi connectivity index (χ3n) is 3.51. The highest BCUT2D eigenvalue weighted by molar-refractivity contribution is 6.30. The fraction of sp³-hybridized carbons (Fsp3) is 0.500. The number of nitrogens with one attached hydrogen (secondary N) is 1. The summed E-state index contributed by atoms with van der Waals surface area (Å²) in [6.07, 6.45) is 1.20. The summed E-state index contributed by atoms with van der Waals surface area (Å²) in [6, 6.07) is 7.51. The second-order valence-corrected chi connectivity index (χ2v) is 5.56. The average molecular weight is 311 g/mol. The van der Waals surface area contributed by atoms with Crippen LogP contribution in [0.4, 0.5) is 0 Å². The van der Waals surface area contributed by atoms with Crippen molar-refractivity contribution in [3.63, 3.8) is 0 Å². The van der Waals surface area contributed by atoms with Gasteiger partial charge in [0, 0.05) is 37.5 Å². The van der Waals surface area contributed by atoms with Crippen molar-refractivity contribution >= 4 is 23.4 Å². The lowest BCUT2D eigenvalue weighted by atomic mass is 10.2. The van der Waals surface area contributed by atoms with Crippen molar-refractivity contribution in [3.8, 4) is 0 Å². The average Bonchev–Trinajstić information content (AvgIpc) is 2.46. The largest absolute Gasteiger partial charge is 0.352 e. The van der Waals surface area contributed by atoms with Crippen LogP contribution < -0.4 is 5.32 Å². The smallest absolute Gasteiger partial charge is 0.222 e. The summed E-state index contributed by atoms with van der Waals surface area (Å²) >= 11 is 5.81. The summed E-state index contributed by atoms with van der Waals surface area (Å²) in [5, 5.41) is 3.53. The normalized spacial score (nSPS) is 11.8. The number of halogens is 1. The van der Waals surface area contributed by atoms with Crippen LogP contribution in [0, 0.1) is 0 Å². The van der Waals surface area contributed by atoms with Crippen molar-refractivity contribution in [1.82, 2.24) is 10.2 Å². The number of carbonyl (C=O) groups is 2. The van der Waals surface area contributed by atoms with Crippen molar-refractivity contribution in [3.05, 3.63) is 34.9 Å². The summed E-state index contributed by atoms with van der Waals surface area (Å²) < 4.78 is 0.